The van der Waals surface area contributed by atoms with E-state index in [2.05, 4.69) is 10.6 Å². The van der Waals surface area contributed by atoms with Crippen LogP contribution in [0.4, 0.5) is 0 Å². The summed E-state index contributed by atoms with van der Waals surface area (Å²) >= 11 is 0. The molecule has 3 atom stereocenters. The number of aromatic nitrogens is 1. The number of furan rings is 1. The number of rotatable bonds is 3. The molecule has 5 nitrogen and oxygen atoms in total. The van der Waals surface area contributed by atoms with Crippen LogP contribution >= 0.6 is 0 Å². The van der Waals surface area contributed by atoms with Gasteiger partial charge in [-0.15, -0.1) is 0 Å². The molecule has 2 aliphatic heterocycles. The summed E-state index contributed by atoms with van der Waals surface area (Å²) in [6.07, 6.45) is 7.32. The molecule has 1 aromatic carbocycles. The minimum atomic E-state index is -0.0000332. The smallest absolute Gasteiger partial charge is 0.251 e. The van der Waals surface area contributed by atoms with Crippen molar-refractivity contribution >= 4 is 16.9 Å². The molecule has 5 heteroatoms. The second-order valence-electron chi connectivity index (χ2n) is 6.79. The zero-order valence-electron chi connectivity index (χ0n) is 13.2. The van der Waals surface area contributed by atoms with Crippen molar-refractivity contribution in [3.05, 3.63) is 54.4 Å². The molecule has 0 saturated carbocycles. The van der Waals surface area contributed by atoms with E-state index in [-0.39, 0.29) is 11.9 Å². The molecule has 2 fully saturated rings. The number of benzene rings is 1. The minimum absolute atomic E-state index is 0.0000332. The molecule has 4 heterocycles. The summed E-state index contributed by atoms with van der Waals surface area (Å²) in [5, 5.41) is 7.68. The van der Waals surface area contributed by atoms with Crippen LogP contribution in [0.15, 0.2) is 53.2 Å². The summed E-state index contributed by atoms with van der Waals surface area (Å²) in [7, 11) is 0. The number of fused-ring (bicyclic) bond motifs is 3. The minimum Gasteiger partial charge on any atom is -0.440 e. The van der Waals surface area contributed by atoms with Crippen molar-refractivity contribution in [2.45, 2.75) is 37.4 Å². The Morgan fingerprint density at radius 3 is 2.83 bits per heavy atom. The van der Waals surface area contributed by atoms with E-state index in [4.69, 9.17) is 4.42 Å². The van der Waals surface area contributed by atoms with E-state index in [9.17, 15) is 4.79 Å². The largest absolute Gasteiger partial charge is 0.440 e. The van der Waals surface area contributed by atoms with Crippen molar-refractivity contribution in [2.24, 2.45) is 0 Å². The van der Waals surface area contributed by atoms with Crippen LogP contribution in [0.25, 0.3) is 16.9 Å². The van der Waals surface area contributed by atoms with Crippen LogP contribution in [0.5, 0.6) is 0 Å². The van der Waals surface area contributed by atoms with Gasteiger partial charge in [0.2, 0.25) is 5.88 Å². The van der Waals surface area contributed by atoms with Gasteiger partial charge < -0.3 is 15.1 Å². The van der Waals surface area contributed by atoms with Crippen LogP contribution in [-0.2, 0) is 0 Å². The topological polar surface area (TPSA) is 59.2 Å². The second-order valence-corrected chi connectivity index (χ2v) is 6.79. The summed E-state index contributed by atoms with van der Waals surface area (Å²) in [4.78, 5) is 12.6. The Bertz CT molecular complexity index is 897. The molecular formula is C19H19N3O2. The normalized spacial score (nSPS) is 25.4. The number of nitrogens with one attached hydrogen (secondary N) is 2. The maximum Gasteiger partial charge on any atom is 0.251 e. The van der Waals surface area contributed by atoms with Crippen LogP contribution in [0, 0.1) is 0 Å². The Morgan fingerprint density at radius 1 is 1.21 bits per heavy atom. The van der Waals surface area contributed by atoms with E-state index in [1.807, 2.05) is 53.4 Å². The first-order valence-electron chi connectivity index (χ1n) is 8.50. The third-order valence-corrected chi connectivity index (χ3v) is 5.24. The first kappa shape index (κ1) is 13.9. The molecular weight excluding hydrogens is 302 g/mol. The first-order chi connectivity index (χ1) is 11.8. The van der Waals surface area contributed by atoms with Crippen LogP contribution < -0.4 is 10.6 Å². The van der Waals surface area contributed by atoms with E-state index in [0.29, 0.717) is 17.6 Å². The third-order valence-electron chi connectivity index (χ3n) is 5.24. The fraction of sp³-hybridized carbons (Fsp3) is 0.316. The van der Waals surface area contributed by atoms with Crippen molar-refractivity contribution < 1.29 is 9.21 Å². The standard InChI is InChI=1S/C19H19N3O2/c23-19(21-16-11-14-4-5-15(16)20-14)12-3-6-17-13(9-12)10-18(24-17)22-7-1-2-8-22/h1-3,6-10,14-16,20H,4-5,11H2,(H,21,23)/t14-,15+,16-/m1/s1. The lowest BCUT2D eigenvalue weighted by Crippen LogP contribution is -2.42. The number of carbonyl (C=O) groups excluding carboxylic acids is 1. The number of amides is 1. The van der Waals surface area contributed by atoms with Gasteiger partial charge in [-0.2, -0.15) is 0 Å². The van der Waals surface area contributed by atoms with Gasteiger partial charge in [-0.25, -0.2) is 0 Å². The zero-order chi connectivity index (χ0) is 16.1. The predicted octanol–water partition coefficient (Wildman–Crippen LogP) is 2.85. The van der Waals surface area contributed by atoms with Gasteiger partial charge in [0, 0.05) is 47.5 Å². The van der Waals surface area contributed by atoms with Crippen molar-refractivity contribution in [1.29, 1.82) is 0 Å². The van der Waals surface area contributed by atoms with Crippen molar-refractivity contribution in [3.63, 3.8) is 0 Å². The Kier molecular flexibility index (Phi) is 3.03. The summed E-state index contributed by atoms with van der Waals surface area (Å²) in [6.45, 7) is 0. The van der Waals surface area contributed by atoms with Crippen LogP contribution in [-0.4, -0.2) is 28.6 Å². The highest BCUT2D eigenvalue weighted by Gasteiger charge is 2.39. The zero-order valence-corrected chi connectivity index (χ0v) is 13.2. The highest BCUT2D eigenvalue weighted by Crippen LogP contribution is 2.29. The molecule has 0 radical (unpaired) electrons. The molecule has 2 N–H and O–H groups in total. The fourth-order valence-corrected chi connectivity index (χ4v) is 4.01. The van der Waals surface area contributed by atoms with Gasteiger partial charge in [-0.1, -0.05) is 0 Å². The van der Waals surface area contributed by atoms with E-state index < -0.39 is 0 Å². The molecule has 2 saturated heterocycles. The van der Waals surface area contributed by atoms with Gasteiger partial charge in [0.25, 0.3) is 5.91 Å². The molecule has 3 aromatic rings. The van der Waals surface area contributed by atoms with Gasteiger partial charge in [0.15, 0.2) is 0 Å². The number of nitrogens with zero attached hydrogens (tertiary/aromatic N) is 1. The Balaban J connectivity index is 1.39. The van der Waals surface area contributed by atoms with Gasteiger partial charge in [0.1, 0.15) is 5.58 Å². The molecule has 2 bridgehead atoms. The number of carbonyl (C=O) groups is 1. The van der Waals surface area contributed by atoms with Gasteiger partial charge in [-0.05, 0) is 49.6 Å². The highest BCUT2D eigenvalue weighted by atomic mass is 16.3. The lowest BCUT2D eigenvalue weighted by atomic mass is 9.95. The third kappa shape index (κ3) is 2.24. The summed E-state index contributed by atoms with van der Waals surface area (Å²) in [6, 6.07) is 12.8. The monoisotopic (exact) mass is 321 g/mol. The summed E-state index contributed by atoms with van der Waals surface area (Å²) < 4.78 is 7.76. The van der Waals surface area contributed by atoms with Crippen molar-refractivity contribution in [2.75, 3.05) is 0 Å². The second kappa shape index (κ2) is 5.24. The average Bonchev–Trinajstić information content (AvgIpc) is 3.35. The van der Waals surface area contributed by atoms with Crippen LogP contribution in [0.1, 0.15) is 29.6 Å². The molecule has 0 spiro atoms. The quantitative estimate of drug-likeness (QED) is 0.780. The number of hydrogen-bond acceptors (Lipinski definition) is 3. The lowest BCUT2D eigenvalue weighted by molar-refractivity contribution is 0.0931. The molecule has 24 heavy (non-hydrogen) atoms. The fourth-order valence-electron chi connectivity index (χ4n) is 4.01. The molecule has 1 amide bonds. The molecule has 2 aliphatic rings. The highest BCUT2D eigenvalue weighted by molar-refractivity contribution is 5.98. The first-order valence-corrected chi connectivity index (χ1v) is 8.50. The van der Waals surface area contributed by atoms with Crippen LogP contribution in [0.2, 0.25) is 0 Å². The molecule has 2 aromatic heterocycles. The predicted molar refractivity (Wildman–Crippen MR) is 91.4 cm³/mol. The van der Waals surface area contributed by atoms with E-state index in [1.54, 1.807) is 0 Å². The maximum absolute atomic E-state index is 12.6. The molecule has 5 rings (SSSR count). The van der Waals surface area contributed by atoms with Crippen molar-refractivity contribution in [3.8, 4) is 5.88 Å². The molecule has 0 unspecified atom stereocenters. The molecule has 122 valence electrons. The van der Waals surface area contributed by atoms with E-state index >= 15 is 0 Å². The Morgan fingerprint density at radius 2 is 2.08 bits per heavy atom. The van der Waals surface area contributed by atoms with Crippen LogP contribution in [0.3, 0.4) is 0 Å². The SMILES string of the molecule is O=C(N[C@@H]1C[C@H]2CC[C@@H]1N2)c1ccc2oc(-n3cccc3)cc2c1. The molecule has 0 aliphatic carbocycles. The Hall–Kier alpha value is -2.53. The van der Waals surface area contributed by atoms with Gasteiger partial charge in [0.05, 0.1) is 0 Å². The lowest BCUT2D eigenvalue weighted by Gasteiger charge is -2.21. The van der Waals surface area contributed by atoms with Gasteiger partial charge in [-0.3, -0.25) is 9.36 Å². The van der Waals surface area contributed by atoms with Crippen molar-refractivity contribution in [1.82, 2.24) is 15.2 Å². The summed E-state index contributed by atoms with van der Waals surface area (Å²) in [5.74, 6) is 0.754. The van der Waals surface area contributed by atoms with E-state index in [0.717, 1.165) is 29.7 Å². The maximum atomic E-state index is 12.6. The summed E-state index contributed by atoms with van der Waals surface area (Å²) in [5.41, 5.74) is 1.47. The van der Waals surface area contributed by atoms with E-state index in [1.165, 1.54) is 6.42 Å². The van der Waals surface area contributed by atoms with Gasteiger partial charge >= 0.3 is 0 Å². The number of hydrogen-bond donors (Lipinski definition) is 2. The average molecular weight is 321 g/mol. The Labute approximate surface area is 139 Å².